The number of carbonyl (C=O) groups excluding carboxylic acids is 1. The molecule has 0 saturated carbocycles. The van der Waals surface area contributed by atoms with Crippen molar-refractivity contribution in [3.05, 3.63) is 35.2 Å². The minimum absolute atomic E-state index is 0.0852. The summed E-state index contributed by atoms with van der Waals surface area (Å²) in [6, 6.07) is 4.32. The number of hydrogen-bond donors (Lipinski definition) is 1. The predicted molar refractivity (Wildman–Crippen MR) is 112 cm³/mol. The second kappa shape index (κ2) is 7.23. The van der Waals surface area contributed by atoms with Crippen molar-refractivity contribution in [1.82, 2.24) is 9.88 Å². The molecule has 5 rings (SSSR count). The van der Waals surface area contributed by atoms with E-state index in [2.05, 4.69) is 22.9 Å². The summed E-state index contributed by atoms with van der Waals surface area (Å²) in [4.78, 5) is 18.6. The molecule has 2 unspecified atom stereocenters. The van der Waals surface area contributed by atoms with Crippen molar-refractivity contribution in [1.29, 1.82) is 0 Å². The van der Waals surface area contributed by atoms with Crippen LogP contribution in [-0.2, 0) is 20.7 Å². The van der Waals surface area contributed by atoms with E-state index in [1.165, 1.54) is 23.8 Å². The molecule has 0 aliphatic carbocycles. The fourth-order valence-electron chi connectivity index (χ4n) is 5.56. The monoisotopic (exact) mass is 412 g/mol. The van der Waals surface area contributed by atoms with E-state index in [4.69, 9.17) is 18.9 Å². The van der Waals surface area contributed by atoms with Gasteiger partial charge in [0.1, 0.15) is 0 Å². The fraction of sp³-hybridized carbons (Fsp3) is 0.522. The van der Waals surface area contributed by atoms with Gasteiger partial charge in [-0.25, -0.2) is 4.79 Å². The fourth-order valence-corrected chi connectivity index (χ4v) is 5.56. The highest BCUT2D eigenvalue weighted by atomic mass is 16.5. The maximum Gasteiger partial charge on any atom is 0.337 e. The van der Waals surface area contributed by atoms with Crippen molar-refractivity contribution in [3.8, 4) is 11.5 Å². The number of fused-ring (bicyclic) bond motifs is 6. The Labute approximate surface area is 175 Å². The molecule has 0 bridgehead atoms. The smallest absolute Gasteiger partial charge is 0.337 e. The van der Waals surface area contributed by atoms with Gasteiger partial charge in [0.05, 0.1) is 45.3 Å². The Kier molecular flexibility index (Phi) is 4.65. The lowest BCUT2D eigenvalue weighted by Crippen LogP contribution is -2.51. The molecule has 1 N–H and O–H groups in total. The van der Waals surface area contributed by atoms with Gasteiger partial charge >= 0.3 is 5.97 Å². The van der Waals surface area contributed by atoms with Gasteiger partial charge in [-0.15, -0.1) is 0 Å². The Hall–Kier alpha value is -2.67. The van der Waals surface area contributed by atoms with Crippen molar-refractivity contribution in [2.24, 2.45) is 11.8 Å². The zero-order valence-corrected chi connectivity index (χ0v) is 17.9. The van der Waals surface area contributed by atoms with E-state index in [1.54, 1.807) is 20.5 Å². The number of piperidine rings is 1. The number of rotatable bonds is 3. The molecule has 160 valence electrons. The second-order valence-electron chi connectivity index (χ2n) is 8.44. The second-order valence-corrected chi connectivity index (χ2v) is 8.44. The number of ether oxygens (including phenoxy) is 4. The molecule has 3 aliphatic heterocycles. The summed E-state index contributed by atoms with van der Waals surface area (Å²) in [5.41, 5.74) is 4.31. The molecule has 7 heteroatoms. The summed E-state index contributed by atoms with van der Waals surface area (Å²) in [7, 11) is 4.75. The van der Waals surface area contributed by atoms with Crippen LogP contribution in [0.25, 0.3) is 10.9 Å². The number of esters is 1. The topological polar surface area (TPSA) is 73.0 Å². The Bertz CT molecular complexity index is 1030. The highest BCUT2D eigenvalue weighted by Crippen LogP contribution is 2.48. The van der Waals surface area contributed by atoms with Crippen LogP contribution in [0.15, 0.2) is 24.0 Å². The van der Waals surface area contributed by atoms with Crippen LogP contribution >= 0.6 is 0 Å². The standard InChI is InChI=1S/C23H28N2O5/c1-12-16-10-25-6-5-13-15-8-20(27-2)21(28-3)9-18(15)24-22(13)19(25)7-14(16)17(11-30-12)23(26)29-4/h8-9,11-12,14,16,19,24H,5-7,10H2,1-4H3/t12-,14?,16-,19?/m1/s1. The maximum atomic E-state index is 12.4. The molecule has 4 heterocycles. The summed E-state index contributed by atoms with van der Waals surface area (Å²) in [6.07, 6.45) is 3.56. The van der Waals surface area contributed by atoms with E-state index >= 15 is 0 Å². The van der Waals surface area contributed by atoms with Gasteiger partial charge in [-0.1, -0.05) is 0 Å². The van der Waals surface area contributed by atoms with Crippen LogP contribution in [0.4, 0.5) is 0 Å². The van der Waals surface area contributed by atoms with Gasteiger partial charge < -0.3 is 23.9 Å². The maximum absolute atomic E-state index is 12.4. The van der Waals surface area contributed by atoms with Crippen molar-refractivity contribution in [3.63, 3.8) is 0 Å². The van der Waals surface area contributed by atoms with Crippen molar-refractivity contribution < 1.29 is 23.7 Å². The Morgan fingerprint density at radius 2 is 1.97 bits per heavy atom. The predicted octanol–water partition coefficient (Wildman–Crippen LogP) is 3.20. The molecule has 2 aromatic rings. The lowest BCUT2D eigenvalue weighted by Gasteiger charge is -2.49. The van der Waals surface area contributed by atoms with Crippen molar-refractivity contribution in [2.75, 3.05) is 34.4 Å². The minimum atomic E-state index is -0.285. The van der Waals surface area contributed by atoms with E-state index < -0.39 is 0 Å². The highest BCUT2D eigenvalue weighted by Gasteiger charge is 2.47. The molecular weight excluding hydrogens is 384 g/mol. The molecule has 1 aromatic heterocycles. The van der Waals surface area contributed by atoms with E-state index in [9.17, 15) is 4.79 Å². The number of aromatic amines is 1. The third kappa shape index (κ3) is 2.79. The molecule has 0 amide bonds. The Balaban J connectivity index is 1.56. The van der Waals surface area contributed by atoms with Crippen LogP contribution in [0.3, 0.4) is 0 Å². The molecule has 1 saturated heterocycles. The number of nitrogens with zero attached hydrogens (tertiary/aromatic N) is 1. The summed E-state index contributed by atoms with van der Waals surface area (Å²) >= 11 is 0. The third-order valence-corrected chi connectivity index (χ3v) is 7.14. The SMILES string of the molecule is COC(=O)C1=CO[C@H](C)[C@H]2CN3CCc4c([nH]c5cc(OC)c(OC)cc45)C3CC12. The molecule has 7 nitrogen and oxygen atoms in total. The zero-order valence-electron chi connectivity index (χ0n) is 17.9. The Morgan fingerprint density at radius 3 is 2.70 bits per heavy atom. The molecule has 1 fully saturated rings. The first-order chi connectivity index (χ1) is 14.5. The van der Waals surface area contributed by atoms with Crippen LogP contribution in [0.5, 0.6) is 11.5 Å². The summed E-state index contributed by atoms with van der Waals surface area (Å²) in [5, 5.41) is 1.19. The summed E-state index contributed by atoms with van der Waals surface area (Å²) in [6.45, 7) is 4.00. The van der Waals surface area contributed by atoms with E-state index in [1.807, 2.05) is 6.07 Å². The number of benzene rings is 1. The molecule has 4 atom stereocenters. The summed E-state index contributed by atoms with van der Waals surface area (Å²) < 4.78 is 21.9. The zero-order chi connectivity index (χ0) is 21.0. The van der Waals surface area contributed by atoms with E-state index in [0.29, 0.717) is 5.57 Å². The lowest BCUT2D eigenvalue weighted by atomic mass is 9.72. The van der Waals surface area contributed by atoms with Crippen LogP contribution in [0, 0.1) is 11.8 Å². The van der Waals surface area contributed by atoms with Gasteiger partial charge in [0.2, 0.25) is 0 Å². The normalized spacial score (nSPS) is 27.9. The number of aromatic nitrogens is 1. The average Bonchev–Trinajstić information content (AvgIpc) is 3.14. The molecule has 0 spiro atoms. The number of nitrogens with one attached hydrogen (secondary N) is 1. The summed E-state index contributed by atoms with van der Waals surface area (Å²) in [5.74, 6) is 1.59. The molecule has 1 aromatic carbocycles. The van der Waals surface area contributed by atoms with Gasteiger partial charge in [0, 0.05) is 47.6 Å². The first kappa shape index (κ1) is 19.3. The van der Waals surface area contributed by atoms with Crippen LogP contribution < -0.4 is 9.47 Å². The first-order valence-electron chi connectivity index (χ1n) is 10.5. The van der Waals surface area contributed by atoms with Crippen molar-refractivity contribution in [2.45, 2.75) is 31.9 Å². The van der Waals surface area contributed by atoms with Crippen LogP contribution in [0.2, 0.25) is 0 Å². The van der Waals surface area contributed by atoms with E-state index in [-0.39, 0.29) is 30.0 Å². The first-order valence-corrected chi connectivity index (χ1v) is 10.5. The van der Waals surface area contributed by atoms with Crippen molar-refractivity contribution >= 4 is 16.9 Å². The average molecular weight is 412 g/mol. The third-order valence-electron chi connectivity index (χ3n) is 7.14. The largest absolute Gasteiger partial charge is 0.497 e. The molecule has 3 aliphatic rings. The molecular formula is C23H28N2O5. The quantitative estimate of drug-likeness (QED) is 0.781. The van der Waals surface area contributed by atoms with Crippen LogP contribution in [-0.4, -0.2) is 56.4 Å². The minimum Gasteiger partial charge on any atom is -0.497 e. The molecule has 30 heavy (non-hydrogen) atoms. The highest BCUT2D eigenvalue weighted by molar-refractivity contribution is 5.89. The number of methoxy groups -OCH3 is 3. The Morgan fingerprint density at radius 1 is 1.20 bits per heavy atom. The molecule has 0 radical (unpaired) electrons. The van der Waals surface area contributed by atoms with Gasteiger partial charge in [-0.3, -0.25) is 4.90 Å². The van der Waals surface area contributed by atoms with Gasteiger partial charge in [-0.2, -0.15) is 0 Å². The van der Waals surface area contributed by atoms with Gasteiger partial charge in [0.25, 0.3) is 0 Å². The van der Waals surface area contributed by atoms with Gasteiger partial charge in [0.15, 0.2) is 11.5 Å². The number of H-pyrrole nitrogens is 1. The number of hydrogen-bond acceptors (Lipinski definition) is 6. The lowest BCUT2D eigenvalue weighted by molar-refractivity contribution is -0.139. The van der Waals surface area contributed by atoms with E-state index in [0.717, 1.165) is 42.9 Å². The number of carbonyl (C=O) groups is 1. The van der Waals surface area contributed by atoms with Gasteiger partial charge in [-0.05, 0) is 31.4 Å². The van der Waals surface area contributed by atoms with Crippen LogP contribution in [0.1, 0.15) is 30.6 Å².